The Labute approximate surface area is 165 Å². The number of rotatable bonds is 4. The van der Waals surface area contributed by atoms with Gasteiger partial charge in [-0.1, -0.05) is 0 Å². The smallest absolute Gasteiger partial charge is 0.255 e. The van der Waals surface area contributed by atoms with Crippen LogP contribution in [0.1, 0.15) is 33.6 Å². The molecule has 2 aromatic rings. The molecule has 0 radical (unpaired) electrons. The number of ether oxygens (including phenoxy) is 1. The molecule has 0 saturated carbocycles. The van der Waals surface area contributed by atoms with Crippen molar-refractivity contribution < 1.29 is 14.3 Å². The predicted octanol–water partition coefficient (Wildman–Crippen LogP) is 3.01. The molecule has 0 aliphatic carbocycles. The van der Waals surface area contributed by atoms with Crippen LogP contribution in [0.5, 0.6) is 0 Å². The first-order chi connectivity index (χ1) is 13.7. The highest BCUT2D eigenvalue weighted by atomic mass is 16.5. The van der Waals surface area contributed by atoms with Gasteiger partial charge >= 0.3 is 0 Å². The number of likely N-dealkylation sites (tertiary alicyclic amines) is 1. The van der Waals surface area contributed by atoms with Crippen LogP contribution in [0.15, 0.2) is 48.5 Å². The van der Waals surface area contributed by atoms with Gasteiger partial charge in [-0.2, -0.15) is 0 Å². The number of anilines is 2. The molecule has 6 nitrogen and oxygen atoms in total. The number of carbonyl (C=O) groups excluding carboxylic acids is 2. The summed E-state index contributed by atoms with van der Waals surface area (Å²) in [5.74, 6) is -0.0961. The van der Waals surface area contributed by atoms with Crippen LogP contribution >= 0.6 is 0 Å². The summed E-state index contributed by atoms with van der Waals surface area (Å²) < 4.78 is 5.37. The van der Waals surface area contributed by atoms with Gasteiger partial charge in [0.25, 0.3) is 11.8 Å². The molecule has 2 aliphatic heterocycles. The molecular weight excluding hydrogens is 354 g/mol. The van der Waals surface area contributed by atoms with Gasteiger partial charge in [-0.05, 0) is 61.4 Å². The van der Waals surface area contributed by atoms with E-state index in [-0.39, 0.29) is 11.8 Å². The molecular formula is C22H25N3O3. The van der Waals surface area contributed by atoms with Crippen LogP contribution in [0.3, 0.4) is 0 Å². The van der Waals surface area contributed by atoms with Gasteiger partial charge in [-0.25, -0.2) is 0 Å². The summed E-state index contributed by atoms with van der Waals surface area (Å²) in [6.45, 7) is 4.87. The van der Waals surface area contributed by atoms with E-state index >= 15 is 0 Å². The summed E-state index contributed by atoms with van der Waals surface area (Å²) in [6, 6.07) is 14.7. The second-order valence-corrected chi connectivity index (χ2v) is 7.18. The van der Waals surface area contributed by atoms with Gasteiger partial charge in [-0.3, -0.25) is 9.59 Å². The largest absolute Gasteiger partial charge is 0.378 e. The molecule has 2 fully saturated rings. The first-order valence-corrected chi connectivity index (χ1v) is 9.84. The monoisotopic (exact) mass is 379 g/mol. The molecule has 0 bridgehead atoms. The van der Waals surface area contributed by atoms with Crippen LogP contribution in [-0.2, 0) is 4.74 Å². The molecule has 0 unspecified atom stereocenters. The zero-order valence-electron chi connectivity index (χ0n) is 15.9. The zero-order chi connectivity index (χ0) is 19.3. The average Bonchev–Trinajstić information content (AvgIpc) is 3.29. The lowest BCUT2D eigenvalue weighted by molar-refractivity contribution is 0.0792. The minimum absolute atomic E-state index is 0.0640. The van der Waals surface area contributed by atoms with Crippen molar-refractivity contribution >= 4 is 23.2 Å². The second-order valence-electron chi connectivity index (χ2n) is 7.18. The van der Waals surface area contributed by atoms with Crippen LogP contribution in [0.4, 0.5) is 11.4 Å². The molecule has 146 valence electrons. The van der Waals surface area contributed by atoms with Gasteiger partial charge in [0.2, 0.25) is 0 Å². The van der Waals surface area contributed by atoms with Crippen LogP contribution in [0.2, 0.25) is 0 Å². The molecule has 0 spiro atoms. The minimum atomic E-state index is -0.160. The fraction of sp³-hybridized carbons (Fsp3) is 0.364. The van der Waals surface area contributed by atoms with Gasteiger partial charge in [0, 0.05) is 48.7 Å². The highest BCUT2D eigenvalue weighted by Gasteiger charge is 2.19. The zero-order valence-corrected chi connectivity index (χ0v) is 15.9. The fourth-order valence-electron chi connectivity index (χ4n) is 3.65. The maximum atomic E-state index is 12.5. The van der Waals surface area contributed by atoms with Crippen LogP contribution < -0.4 is 10.2 Å². The number of benzene rings is 2. The number of nitrogens with one attached hydrogen (secondary N) is 1. The summed E-state index contributed by atoms with van der Waals surface area (Å²) in [4.78, 5) is 29.0. The van der Waals surface area contributed by atoms with Crippen molar-refractivity contribution in [3.05, 3.63) is 59.7 Å². The van der Waals surface area contributed by atoms with E-state index in [1.807, 2.05) is 29.2 Å². The Morgan fingerprint density at radius 2 is 1.39 bits per heavy atom. The third-order valence-electron chi connectivity index (χ3n) is 5.29. The standard InChI is InChI=1S/C22H25N3O3/c26-21(17-5-9-20(10-6-17)24-13-15-28-16-14-24)23-19-7-3-18(4-8-19)22(27)25-11-1-2-12-25/h3-10H,1-2,11-16H2,(H,23,26). The number of hydrogen-bond donors (Lipinski definition) is 1. The Morgan fingerprint density at radius 3 is 2.04 bits per heavy atom. The van der Waals surface area contributed by atoms with Crippen LogP contribution in [0, 0.1) is 0 Å². The Morgan fingerprint density at radius 1 is 0.786 bits per heavy atom. The van der Waals surface area contributed by atoms with E-state index in [1.54, 1.807) is 24.3 Å². The number of morpholine rings is 1. The lowest BCUT2D eigenvalue weighted by atomic mass is 10.1. The Hall–Kier alpha value is -2.86. The third-order valence-corrected chi connectivity index (χ3v) is 5.29. The maximum Gasteiger partial charge on any atom is 0.255 e. The highest BCUT2D eigenvalue weighted by molar-refractivity contribution is 6.04. The summed E-state index contributed by atoms with van der Waals surface area (Å²) in [5, 5.41) is 2.90. The number of nitrogens with zero attached hydrogens (tertiary/aromatic N) is 2. The molecule has 6 heteroatoms. The number of carbonyl (C=O) groups is 2. The fourth-order valence-corrected chi connectivity index (χ4v) is 3.65. The summed E-state index contributed by atoms with van der Waals surface area (Å²) in [7, 11) is 0. The molecule has 0 aromatic heterocycles. The molecule has 0 atom stereocenters. The number of hydrogen-bond acceptors (Lipinski definition) is 4. The molecule has 1 N–H and O–H groups in total. The van der Waals surface area contributed by atoms with Gasteiger partial charge in [0.1, 0.15) is 0 Å². The SMILES string of the molecule is O=C(Nc1ccc(C(=O)N2CCCC2)cc1)c1ccc(N2CCOCC2)cc1. The van der Waals surface area contributed by atoms with Crippen LogP contribution in [0.25, 0.3) is 0 Å². The molecule has 28 heavy (non-hydrogen) atoms. The lowest BCUT2D eigenvalue weighted by Gasteiger charge is -2.28. The van der Waals surface area contributed by atoms with Crippen molar-refractivity contribution in [3.8, 4) is 0 Å². The number of amides is 2. The van der Waals surface area contributed by atoms with E-state index in [4.69, 9.17) is 4.74 Å². The maximum absolute atomic E-state index is 12.5. The van der Waals surface area contributed by atoms with Crippen molar-refractivity contribution in [3.63, 3.8) is 0 Å². The molecule has 2 amide bonds. The molecule has 4 rings (SSSR count). The van der Waals surface area contributed by atoms with Gasteiger partial charge in [0.05, 0.1) is 13.2 Å². The normalized spacial score (nSPS) is 16.9. The van der Waals surface area contributed by atoms with E-state index in [9.17, 15) is 9.59 Å². The van der Waals surface area contributed by atoms with E-state index in [2.05, 4.69) is 10.2 Å². The van der Waals surface area contributed by atoms with Crippen LogP contribution in [-0.4, -0.2) is 56.1 Å². The first kappa shape index (κ1) is 18.5. The molecule has 2 aliphatic rings. The van der Waals surface area contributed by atoms with Gasteiger partial charge in [0.15, 0.2) is 0 Å². The second kappa shape index (κ2) is 8.44. The van der Waals surface area contributed by atoms with Crippen molar-refractivity contribution in [2.75, 3.05) is 49.6 Å². The lowest BCUT2D eigenvalue weighted by Crippen LogP contribution is -2.36. The van der Waals surface area contributed by atoms with Crippen molar-refractivity contribution in [1.29, 1.82) is 0 Å². The Bertz CT molecular complexity index is 821. The minimum Gasteiger partial charge on any atom is -0.378 e. The van der Waals surface area contributed by atoms with E-state index < -0.39 is 0 Å². The summed E-state index contributed by atoms with van der Waals surface area (Å²) >= 11 is 0. The first-order valence-electron chi connectivity index (χ1n) is 9.84. The Balaban J connectivity index is 1.37. The van der Waals surface area contributed by atoms with Gasteiger partial charge in [-0.15, -0.1) is 0 Å². The topological polar surface area (TPSA) is 61.9 Å². The van der Waals surface area contributed by atoms with E-state index in [0.29, 0.717) is 16.8 Å². The average molecular weight is 379 g/mol. The van der Waals surface area contributed by atoms with Crippen molar-refractivity contribution in [2.24, 2.45) is 0 Å². The van der Waals surface area contributed by atoms with E-state index in [1.165, 1.54) is 0 Å². The summed E-state index contributed by atoms with van der Waals surface area (Å²) in [6.07, 6.45) is 2.15. The van der Waals surface area contributed by atoms with Crippen molar-refractivity contribution in [2.45, 2.75) is 12.8 Å². The third kappa shape index (κ3) is 4.17. The molecule has 2 saturated heterocycles. The molecule has 2 aromatic carbocycles. The quantitative estimate of drug-likeness (QED) is 0.887. The highest BCUT2D eigenvalue weighted by Crippen LogP contribution is 2.19. The summed E-state index contributed by atoms with van der Waals surface area (Å²) in [5.41, 5.74) is 3.05. The van der Waals surface area contributed by atoms with Crippen molar-refractivity contribution in [1.82, 2.24) is 4.90 Å². The predicted molar refractivity (Wildman–Crippen MR) is 109 cm³/mol. The Kier molecular flexibility index (Phi) is 5.58. The van der Waals surface area contributed by atoms with Gasteiger partial charge < -0.3 is 19.9 Å². The van der Waals surface area contributed by atoms with E-state index in [0.717, 1.165) is 57.9 Å². The molecule has 2 heterocycles.